The molecule has 2 rings (SSSR count). The Labute approximate surface area is 92.0 Å². The van der Waals surface area contributed by atoms with E-state index in [-0.39, 0.29) is 5.91 Å². The van der Waals surface area contributed by atoms with E-state index in [4.69, 9.17) is 0 Å². The zero-order valence-corrected chi connectivity index (χ0v) is 9.59. The lowest BCUT2D eigenvalue weighted by molar-refractivity contribution is -0.119. The summed E-state index contributed by atoms with van der Waals surface area (Å²) in [6.07, 6.45) is 6.17. The van der Waals surface area contributed by atoms with Gasteiger partial charge in [-0.1, -0.05) is 6.92 Å². The first-order chi connectivity index (χ1) is 7.24. The quantitative estimate of drug-likeness (QED) is 0.671. The summed E-state index contributed by atoms with van der Waals surface area (Å²) in [5, 5.41) is 6.29. The second-order valence-electron chi connectivity index (χ2n) is 5.24. The highest BCUT2D eigenvalue weighted by molar-refractivity contribution is 5.78. The van der Waals surface area contributed by atoms with Gasteiger partial charge in [0.1, 0.15) is 0 Å². The Kier molecular flexibility index (Phi) is 3.62. The summed E-state index contributed by atoms with van der Waals surface area (Å²) < 4.78 is 0. The minimum Gasteiger partial charge on any atom is -0.354 e. The second-order valence-corrected chi connectivity index (χ2v) is 5.24. The monoisotopic (exact) mass is 210 g/mol. The molecule has 1 saturated heterocycles. The lowest BCUT2D eigenvalue weighted by Gasteiger charge is -2.32. The predicted octanol–water partition coefficient (Wildman–Crippen LogP) is 1.29. The third-order valence-corrected chi connectivity index (χ3v) is 3.67. The van der Waals surface area contributed by atoms with Crippen LogP contribution in [0.25, 0.3) is 0 Å². The van der Waals surface area contributed by atoms with Crippen LogP contribution in [0.4, 0.5) is 0 Å². The number of rotatable bonds is 5. The van der Waals surface area contributed by atoms with Crippen molar-refractivity contribution in [3.8, 4) is 0 Å². The summed E-state index contributed by atoms with van der Waals surface area (Å²) in [6.45, 7) is 4.23. The summed E-state index contributed by atoms with van der Waals surface area (Å²) in [6, 6.07) is 0.387. The molecule has 1 saturated carbocycles. The third kappa shape index (κ3) is 3.20. The standard InChI is InChI=1S/C12H22N2O/c1-9-5-10(6-9)3-2-4-13-11-7-12(15)14-8-11/h9-11,13H,2-8H2,1H3,(H,14,15). The van der Waals surface area contributed by atoms with Crippen LogP contribution in [0.2, 0.25) is 0 Å². The van der Waals surface area contributed by atoms with Crippen molar-refractivity contribution < 1.29 is 4.79 Å². The Morgan fingerprint density at radius 3 is 2.87 bits per heavy atom. The molecule has 0 spiro atoms. The van der Waals surface area contributed by atoms with Gasteiger partial charge < -0.3 is 10.6 Å². The number of hydrogen-bond donors (Lipinski definition) is 2. The molecule has 0 aromatic heterocycles. The molecule has 3 nitrogen and oxygen atoms in total. The summed E-state index contributed by atoms with van der Waals surface area (Å²) in [7, 11) is 0. The molecular formula is C12H22N2O. The maximum Gasteiger partial charge on any atom is 0.221 e. The first kappa shape index (κ1) is 10.9. The van der Waals surface area contributed by atoms with Gasteiger partial charge >= 0.3 is 0 Å². The fraction of sp³-hybridized carbons (Fsp3) is 0.917. The van der Waals surface area contributed by atoms with Crippen LogP contribution in [-0.2, 0) is 4.79 Å². The molecule has 1 aliphatic heterocycles. The number of amides is 1. The molecule has 1 amide bonds. The van der Waals surface area contributed by atoms with E-state index < -0.39 is 0 Å². The van der Waals surface area contributed by atoms with Crippen molar-refractivity contribution in [1.29, 1.82) is 0 Å². The lowest BCUT2D eigenvalue weighted by atomic mass is 9.74. The first-order valence-electron chi connectivity index (χ1n) is 6.24. The number of carbonyl (C=O) groups is 1. The van der Waals surface area contributed by atoms with Crippen LogP contribution in [0.5, 0.6) is 0 Å². The summed E-state index contributed by atoms with van der Waals surface area (Å²) >= 11 is 0. The molecule has 0 aromatic carbocycles. The maximum atomic E-state index is 10.9. The van der Waals surface area contributed by atoms with E-state index in [1.807, 2.05) is 0 Å². The highest BCUT2D eigenvalue weighted by Crippen LogP contribution is 2.35. The minimum absolute atomic E-state index is 0.195. The van der Waals surface area contributed by atoms with Gasteiger partial charge in [-0.3, -0.25) is 4.79 Å². The molecular weight excluding hydrogens is 188 g/mol. The molecule has 0 aromatic rings. The molecule has 1 heterocycles. The van der Waals surface area contributed by atoms with Crippen molar-refractivity contribution in [2.45, 2.75) is 45.1 Å². The van der Waals surface area contributed by atoms with E-state index in [1.54, 1.807) is 0 Å². The Hall–Kier alpha value is -0.570. The third-order valence-electron chi connectivity index (χ3n) is 3.67. The molecule has 3 heteroatoms. The van der Waals surface area contributed by atoms with Gasteiger partial charge in [-0.05, 0) is 44.1 Å². The van der Waals surface area contributed by atoms with Crippen LogP contribution >= 0.6 is 0 Å². The smallest absolute Gasteiger partial charge is 0.221 e. The molecule has 0 radical (unpaired) electrons. The molecule has 86 valence electrons. The van der Waals surface area contributed by atoms with Crippen molar-refractivity contribution in [2.24, 2.45) is 11.8 Å². The average Bonchev–Trinajstić information content (AvgIpc) is 2.55. The molecule has 0 bridgehead atoms. The van der Waals surface area contributed by atoms with Gasteiger partial charge in [-0.25, -0.2) is 0 Å². The normalized spacial score (nSPS) is 35.0. The van der Waals surface area contributed by atoms with E-state index in [1.165, 1.54) is 25.7 Å². The molecule has 1 atom stereocenters. The van der Waals surface area contributed by atoms with Crippen molar-refractivity contribution in [3.05, 3.63) is 0 Å². The van der Waals surface area contributed by atoms with Gasteiger partial charge in [-0.2, -0.15) is 0 Å². The van der Waals surface area contributed by atoms with Crippen molar-refractivity contribution in [1.82, 2.24) is 10.6 Å². The predicted molar refractivity (Wildman–Crippen MR) is 60.5 cm³/mol. The van der Waals surface area contributed by atoms with Gasteiger partial charge in [0.05, 0.1) is 0 Å². The number of hydrogen-bond acceptors (Lipinski definition) is 2. The highest BCUT2D eigenvalue weighted by atomic mass is 16.1. The molecule has 2 fully saturated rings. The maximum absolute atomic E-state index is 10.9. The topological polar surface area (TPSA) is 41.1 Å². The Bertz CT molecular complexity index is 224. The van der Waals surface area contributed by atoms with Crippen LogP contribution < -0.4 is 10.6 Å². The fourth-order valence-electron chi connectivity index (χ4n) is 2.75. The van der Waals surface area contributed by atoms with E-state index in [2.05, 4.69) is 17.6 Å². The van der Waals surface area contributed by atoms with Crippen molar-refractivity contribution in [2.75, 3.05) is 13.1 Å². The highest BCUT2D eigenvalue weighted by Gasteiger charge is 2.25. The van der Waals surface area contributed by atoms with Gasteiger partial charge in [0.2, 0.25) is 5.91 Å². The van der Waals surface area contributed by atoms with Gasteiger partial charge in [0.15, 0.2) is 0 Å². The van der Waals surface area contributed by atoms with E-state index in [9.17, 15) is 4.79 Å². The van der Waals surface area contributed by atoms with Crippen molar-refractivity contribution >= 4 is 5.91 Å². The van der Waals surface area contributed by atoms with E-state index in [0.717, 1.165) is 24.9 Å². The van der Waals surface area contributed by atoms with Gasteiger partial charge in [0, 0.05) is 19.0 Å². The van der Waals surface area contributed by atoms with Crippen LogP contribution in [0.1, 0.15) is 39.0 Å². The second kappa shape index (κ2) is 4.97. The van der Waals surface area contributed by atoms with Gasteiger partial charge in [0.25, 0.3) is 0 Å². The summed E-state index contributed by atoms with van der Waals surface area (Å²) in [5.74, 6) is 2.16. The van der Waals surface area contributed by atoms with Crippen LogP contribution in [0.15, 0.2) is 0 Å². The van der Waals surface area contributed by atoms with E-state index >= 15 is 0 Å². The molecule has 1 unspecified atom stereocenters. The molecule has 15 heavy (non-hydrogen) atoms. The molecule has 1 aliphatic carbocycles. The Morgan fingerprint density at radius 1 is 1.47 bits per heavy atom. The average molecular weight is 210 g/mol. The first-order valence-corrected chi connectivity index (χ1v) is 6.24. The fourth-order valence-corrected chi connectivity index (χ4v) is 2.75. The SMILES string of the molecule is CC1CC(CCCNC2CNC(=O)C2)C1. The largest absolute Gasteiger partial charge is 0.354 e. The summed E-state index contributed by atoms with van der Waals surface area (Å²) in [4.78, 5) is 10.9. The van der Waals surface area contributed by atoms with E-state index in [0.29, 0.717) is 12.5 Å². The zero-order chi connectivity index (χ0) is 10.7. The molecule has 2 N–H and O–H groups in total. The molecule has 2 aliphatic rings. The van der Waals surface area contributed by atoms with Crippen LogP contribution in [-0.4, -0.2) is 25.0 Å². The van der Waals surface area contributed by atoms with Crippen LogP contribution in [0, 0.1) is 11.8 Å². The van der Waals surface area contributed by atoms with Crippen molar-refractivity contribution in [3.63, 3.8) is 0 Å². The summed E-state index contributed by atoms with van der Waals surface area (Å²) in [5.41, 5.74) is 0. The minimum atomic E-state index is 0.195. The van der Waals surface area contributed by atoms with Gasteiger partial charge in [-0.15, -0.1) is 0 Å². The lowest BCUT2D eigenvalue weighted by Crippen LogP contribution is -2.32. The Balaban J connectivity index is 1.47. The Morgan fingerprint density at radius 2 is 2.27 bits per heavy atom. The zero-order valence-electron chi connectivity index (χ0n) is 9.59. The van der Waals surface area contributed by atoms with Crippen LogP contribution in [0.3, 0.4) is 0 Å². The number of carbonyl (C=O) groups excluding carboxylic acids is 1. The number of nitrogens with one attached hydrogen (secondary N) is 2.